The van der Waals surface area contributed by atoms with E-state index in [4.69, 9.17) is 4.74 Å². The highest BCUT2D eigenvalue weighted by molar-refractivity contribution is 5.49. The topological polar surface area (TPSA) is 26.3 Å². The van der Waals surface area contributed by atoms with Crippen LogP contribution in [0.1, 0.15) is 50.0 Å². The predicted octanol–water partition coefficient (Wildman–Crippen LogP) is 4.23. The van der Waals surface area contributed by atoms with Crippen molar-refractivity contribution in [3.8, 4) is 5.75 Å². The number of aldehydes is 1. The molecule has 0 heterocycles. The molecule has 0 radical (unpaired) electrons. The zero-order valence-corrected chi connectivity index (χ0v) is 11.7. The van der Waals surface area contributed by atoms with Crippen molar-refractivity contribution < 1.29 is 18.3 Å². The Bertz CT molecular complexity index is 466. The van der Waals surface area contributed by atoms with Crippen molar-refractivity contribution in [2.24, 2.45) is 5.92 Å². The van der Waals surface area contributed by atoms with Gasteiger partial charge >= 0.3 is 0 Å². The second-order valence-corrected chi connectivity index (χ2v) is 5.45. The van der Waals surface area contributed by atoms with E-state index < -0.39 is 11.6 Å². The van der Waals surface area contributed by atoms with Crippen molar-refractivity contribution in [1.82, 2.24) is 0 Å². The molecule has 20 heavy (non-hydrogen) atoms. The number of halogens is 2. The maximum Gasteiger partial charge on any atom is 0.200 e. The number of rotatable bonds is 5. The van der Waals surface area contributed by atoms with Gasteiger partial charge in [0.15, 0.2) is 11.6 Å². The molecule has 0 saturated heterocycles. The zero-order valence-electron chi connectivity index (χ0n) is 11.7. The first-order chi connectivity index (χ1) is 9.67. The number of methoxy groups -OCH3 is 1. The average Bonchev–Trinajstić information content (AvgIpc) is 2.48. The Morgan fingerprint density at radius 3 is 2.50 bits per heavy atom. The van der Waals surface area contributed by atoms with Gasteiger partial charge in [0.1, 0.15) is 6.29 Å². The third-order valence-corrected chi connectivity index (χ3v) is 4.28. The Kier molecular flexibility index (Phi) is 5.10. The molecule has 1 aliphatic carbocycles. The highest BCUT2D eigenvalue weighted by Crippen LogP contribution is 2.39. The maximum atomic E-state index is 14.0. The highest BCUT2D eigenvalue weighted by atomic mass is 19.2. The fourth-order valence-corrected chi connectivity index (χ4v) is 3.09. The Hall–Kier alpha value is -1.45. The van der Waals surface area contributed by atoms with Crippen molar-refractivity contribution in [2.75, 3.05) is 7.11 Å². The minimum absolute atomic E-state index is 0.0501. The van der Waals surface area contributed by atoms with Crippen LogP contribution in [0.3, 0.4) is 0 Å². The summed E-state index contributed by atoms with van der Waals surface area (Å²) in [6.45, 7) is 0. The van der Waals surface area contributed by atoms with E-state index in [0.29, 0.717) is 17.9 Å². The largest absolute Gasteiger partial charge is 0.494 e. The monoisotopic (exact) mass is 282 g/mol. The lowest BCUT2D eigenvalue weighted by Crippen LogP contribution is -2.15. The van der Waals surface area contributed by atoms with Crippen LogP contribution < -0.4 is 4.74 Å². The third kappa shape index (κ3) is 3.17. The predicted molar refractivity (Wildman–Crippen MR) is 72.9 cm³/mol. The molecule has 0 amide bonds. The van der Waals surface area contributed by atoms with E-state index in [-0.39, 0.29) is 11.7 Å². The summed E-state index contributed by atoms with van der Waals surface area (Å²) >= 11 is 0. The molecule has 0 unspecified atom stereocenters. The van der Waals surface area contributed by atoms with Gasteiger partial charge in [0.2, 0.25) is 5.82 Å². The van der Waals surface area contributed by atoms with Crippen LogP contribution in [-0.2, 0) is 4.79 Å². The van der Waals surface area contributed by atoms with Crippen LogP contribution in [0, 0.1) is 17.6 Å². The molecule has 1 fully saturated rings. The third-order valence-electron chi connectivity index (χ3n) is 4.28. The quantitative estimate of drug-likeness (QED) is 0.756. The number of carbonyl (C=O) groups excluding carboxylic acids is 1. The first-order valence-corrected chi connectivity index (χ1v) is 7.12. The van der Waals surface area contributed by atoms with Crippen molar-refractivity contribution >= 4 is 6.29 Å². The lowest BCUT2D eigenvalue weighted by Gasteiger charge is -2.28. The van der Waals surface area contributed by atoms with Gasteiger partial charge in [-0.05, 0) is 55.6 Å². The first kappa shape index (κ1) is 14.9. The molecule has 1 aromatic carbocycles. The molecule has 0 N–H and O–H groups in total. The van der Waals surface area contributed by atoms with E-state index in [1.54, 1.807) is 6.07 Å². The SMILES string of the molecule is COc1ccc([C@H]2CC[C@H](CCC=O)CC2)c(F)c1F. The number of benzene rings is 1. The summed E-state index contributed by atoms with van der Waals surface area (Å²) in [4.78, 5) is 10.4. The van der Waals surface area contributed by atoms with E-state index in [0.717, 1.165) is 38.4 Å². The minimum atomic E-state index is -0.895. The Labute approximate surface area is 118 Å². The Morgan fingerprint density at radius 2 is 1.90 bits per heavy atom. The van der Waals surface area contributed by atoms with E-state index in [9.17, 15) is 13.6 Å². The number of carbonyl (C=O) groups is 1. The number of hydrogen-bond acceptors (Lipinski definition) is 2. The van der Waals surface area contributed by atoms with E-state index in [2.05, 4.69) is 0 Å². The Balaban J connectivity index is 2.03. The van der Waals surface area contributed by atoms with Gasteiger partial charge < -0.3 is 9.53 Å². The number of hydrogen-bond donors (Lipinski definition) is 0. The second kappa shape index (κ2) is 6.82. The summed E-state index contributed by atoms with van der Waals surface area (Å²) in [5, 5.41) is 0. The van der Waals surface area contributed by atoms with Crippen molar-refractivity contribution in [3.05, 3.63) is 29.3 Å². The first-order valence-electron chi connectivity index (χ1n) is 7.12. The fourth-order valence-electron chi connectivity index (χ4n) is 3.09. The molecule has 0 aliphatic heterocycles. The lowest BCUT2D eigenvalue weighted by atomic mass is 9.77. The molecule has 110 valence electrons. The van der Waals surface area contributed by atoms with Gasteiger partial charge in [-0.15, -0.1) is 0 Å². The normalized spacial score (nSPS) is 22.6. The van der Waals surface area contributed by atoms with Crippen LogP contribution in [0.15, 0.2) is 12.1 Å². The van der Waals surface area contributed by atoms with Crippen LogP contribution in [0.5, 0.6) is 5.75 Å². The van der Waals surface area contributed by atoms with Crippen molar-refractivity contribution in [1.29, 1.82) is 0 Å². The molecule has 1 saturated carbocycles. The fraction of sp³-hybridized carbons (Fsp3) is 0.562. The van der Waals surface area contributed by atoms with Gasteiger partial charge in [-0.1, -0.05) is 6.07 Å². The van der Waals surface area contributed by atoms with Gasteiger partial charge in [-0.2, -0.15) is 4.39 Å². The van der Waals surface area contributed by atoms with Crippen LogP contribution in [0.4, 0.5) is 8.78 Å². The molecule has 0 spiro atoms. The van der Waals surface area contributed by atoms with Gasteiger partial charge in [-0.25, -0.2) is 4.39 Å². The van der Waals surface area contributed by atoms with E-state index in [1.165, 1.54) is 13.2 Å². The van der Waals surface area contributed by atoms with Crippen LogP contribution in [0.2, 0.25) is 0 Å². The Morgan fingerprint density at radius 1 is 1.20 bits per heavy atom. The summed E-state index contributed by atoms with van der Waals surface area (Å²) in [6, 6.07) is 3.12. The van der Waals surface area contributed by atoms with Crippen LogP contribution >= 0.6 is 0 Å². The molecule has 2 rings (SSSR count). The molecule has 1 aliphatic rings. The molecule has 0 atom stereocenters. The van der Waals surface area contributed by atoms with Gasteiger partial charge in [0.25, 0.3) is 0 Å². The van der Waals surface area contributed by atoms with Gasteiger partial charge in [-0.3, -0.25) is 0 Å². The summed E-state index contributed by atoms with van der Waals surface area (Å²) in [5.74, 6) is -1.11. The van der Waals surface area contributed by atoms with E-state index in [1.807, 2.05) is 0 Å². The molecule has 0 aromatic heterocycles. The smallest absolute Gasteiger partial charge is 0.200 e. The molecule has 2 nitrogen and oxygen atoms in total. The zero-order chi connectivity index (χ0) is 14.5. The van der Waals surface area contributed by atoms with Crippen molar-refractivity contribution in [2.45, 2.75) is 44.4 Å². The number of ether oxygens (including phenoxy) is 1. The van der Waals surface area contributed by atoms with Gasteiger partial charge in [0, 0.05) is 6.42 Å². The molecule has 1 aromatic rings. The maximum absolute atomic E-state index is 14.0. The van der Waals surface area contributed by atoms with Crippen LogP contribution in [-0.4, -0.2) is 13.4 Å². The van der Waals surface area contributed by atoms with E-state index >= 15 is 0 Å². The van der Waals surface area contributed by atoms with Crippen molar-refractivity contribution in [3.63, 3.8) is 0 Å². The minimum Gasteiger partial charge on any atom is -0.494 e. The molecule has 4 heteroatoms. The second-order valence-electron chi connectivity index (χ2n) is 5.45. The molecular formula is C16H20F2O2. The standard InChI is InChI=1S/C16H20F2O2/c1-20-14-9-8-13(15(17)16(14)18)12-6-4-11(5-7-12)3-2-10-19/h8-12H,2-7H2,1H3/t11-,12-. The van der Waals surface area contributed by atoms with Crippen LogP contribution in [0.25, 0.3) is 0 Å². The highest BCUT2D eigenvalue weighted by Gasteiger charge is 2.26. The summed E-state index contributed by atoms with van der Waals surface area (Å²) in [6.07, 6.45) is 6.12. The molecular weight excluding hydrogens is 262 g/mol. The van der Waals surface area contributed by atoms with Gasteiger partial charge in [0.05, 0.1) is 7.11 Å². The lowest BCUT2D eigenvalue weighted by molar-refractivity contribution is -0.108. The summed E-state index contributed by atoms with van der Waals surface area (Å²) in [5.41, 5.74) is 0.456. The summed E-state index contributed by atoms with van der Waals surface area (Å²) in [7, 11) is 1.33. The molecule has 0 bridgehead atoms. The average molecular weight is 282 g/mol. The summed E-state index contributed by atoms with van der Waals surface area (Å²) < 4.78 is 32.5.